The molecule has 1 aliphatic rings. The molecule has 1 aromatic carbocycles. The molecule has 2 rings (SSSR count). The zero-order chi connectivity index (χ0) is 13.3. The third kappa shape index (κ3) is 2.53. The molecule has 0 unspecified atom stereocenters. The van der Waals surface area contributed by atoms with Crippen molar-refractivity contribution in [3.63, 3.8) is 0 Å². The van der Waals surface area contributed by atoms with E-state index < -0.39 is 0 Å². The van der Waals surface area contributed by atoms with Crippen LogP contribution in [-0.4, -0.2) is 30.3 Å². The van der Waals surface area contributed by atoms with E-state index in [9.17, 15) is 0 Å². The summed E-state index contributed by atoms with van der Waals surface area (Å²) in [5, 5.41) is 0. The number of nitrogens with two attached hydrogens (primary N) is 1. The standard InChI is InChI=1S/C13H17BrN2OS/c1-13(2)8-17-7-6-16(13)10-5-3-4-9(14)11(10)12(15)18/h3-5H,6-8H2,1-2H3,(H2,15,18). The summed E-state index contributed by atoms with van der Waals surface area (Å²) in [4.78, 5) is 2.73. The molecule has 1 saturated heterocycles. The molecule has 5 heteroatoms. The van der Waals surface area contributed by atoms with Gasteiger partial charge in [0.2, 0.25) is 0 Å². The molecule has 1 fully saturated rings. The minimum atomic E-state index is -0.0570. The SMILES string of the molecule is CC1(C)COCCN1c1cccc(Br)c1C(N)=S. The normalized spacial score (nSPS) is 18.7. The van der Waals surface area contributed by atoms with Gasteiger partial charge in [0.15, 0.2) is 0 Å². The fourth-order valence-corrected chi connectivity index (χ4v) is 3.20. The zero-order valence-electron chi connectivity index (χ0n) is 10.6. The summed E-state index contributed by atoms with van der Waals surface area (Å²) in [7, 11) is 0. The number of rotatable bonds is 2. The lowest BCUT2D eigenvalue weighted by Gasteiger charge is -2.44. The Kier molecular flexibility index (Phi) is 3.94. The van der Waals surface area contributed by atoms with Crippen molar-refractivity contribution in [1.82, 2.24) is 0 Å². The van der Waals surface area contributed by atoms with Crippen LogP contribution in [0.25, 0.3) is 0 Å². The Hall–Kier alpha value is -0.650. The minimum absolute atomic E-state index is 0.0570. The number of halogens is 1. The van der Waals surface area contributed by atoms with Gasteiger partial charge in [-0.2, -0.15) is 0 Å². The fraction of sp³-hybridized carbons (Fsp3) is 0.462. The van der Waals surface area contributed by atoms with Crippen LogP contribution in [0.1, 0.15) is 19.4 Å². The molecule has 0 saturated carbocycles. The van der Waals surface area contributed by atoms with Gasteiger partial charge in [0.1, 0.15) is 4.99 Å². The van der Waals surface area contributed by atoms with Gasteiger partial charge in [0.05, 0.1) is 18.8 Å². The molecule has 2 N–H and O–H groups in total. The number of ether oxygens (including phenoxy) is 1. The highest BCUT2D eigenvalue weighted by atomic mass is 79.9. The third-order valence-corrected chi connectivity index (χ3v) is 4.04. The summed E-state index contributed by atoms with van der Waals surface area (Å²) in [6.07, 6.45) is 0. The van der Waals surface area contributed by atoms with Crippen molar-refractivity contribution in [3.05, 3.63) is 28.2 Å². The monoisotopic (exact) mass is 328 g/mol. The van der Waals surface area contributed by atoms with Gasteiger partial charge < -0.3 is 15.4 Å². The maximum absolute atomic E-state index is 5.85. The van der Waals surface area contributed by atoms with Crippen LogP contribution in [0, 0.1) is 0 Å². The average Bonchev–Trinajstić information content (AvgIpc) is 2.27. The smallest absolute Gasteiger partial charge is 0.107 e. The van der Waals surface area contributed by atoms with E-state index in [1.807, 2.05) is 12.1 Å². The molecular weight excluding hydrogens is 312 g/mol. The van der Waals surface area contributed by atoms with Crippen LogP contribution < -0.4 is 10.6 Å². The number of morpholine rings is 1. The average molecular weight is 329 g/mol. The highest BCUT2D eigenvalue weighted by molar-refractivity contribution is 9.10. The Labute approximate surface area is 121 Å². The summed E-state index contributed by atoms with van der Waals surface area (Å²) >= 11 is 8.70. The van der Waals surface area contributed by atoms with Crippen LogP contribution in [0.2, 0.25) is 0 Å². The van der Waals surface area contributed by atoms with Crippen molar-refractivity contribution < 1.29 is 4.74 Å². The number of hydrogen-bond donors (Lipinski definition) is 1. The van der Waals surface area contributed by atoms with Gasteiger partial charge in [0, 0.05) is 22.3 Å². The molecule has 1 aliphatic heterocycles. The molecule has 98 valence electrons. The molecule has 0 radical (unpaired) electrons. The van der Waals surface area contributed by atoms with Gasteiger partial charge in [-0.1, -0.05) is 18.3 Å². The van der Waals surface area contributed by atoms with Gasteiger partial charge in [0.25, 0.3) is 0 Å². The molecule has 3 nitrogen and oxygen atoms in total. The van der Waals surface area contributed by atoms with E-state index in [4.69, 9.17) is 22.7 Å². The lowest BCUT2D eigenvalue weighted by molar-refractivity contribution is 0.0644. The first-order valence-corrected chi connectivity index (χ1v) is 7.07. The minimum Gasteiger partial charge on any atom is -0.389 e. The fourth-order valence-electron chi connectivity index (χ4n) is 2.29. The first-order valence-electron chi connectivity index (χ1n) is 5.87. The first kappa shape index (κ1) is 13.8. The predicted octanol–water partition coefficient (Wildman–Crippen LogP) is 2.70. The Morgan fingerprint density at radius 2 is 2.22 bits per heavy atom. The van der Waals surface area contributed by atoms with Crippen LogP contribution in [0.5, 0.6) is 0 Å². The zero-order valence-corrected chi connectivity index (χ0v) is 13.0. The summed E-state index contributed by atoms with van der Waals surface area (Å²) in [6, 6.07) is 6.03. The second-order valence-electron chi connectivity index (χ2n) is 5.01. The van der Waals surface area contributed by atoms with E-state index in [1.54, 1.807) is 0 Å². The number of benzene rings is 1. The highest BCUT2D eigenvalue weighted by Gasteiger charge is 2.32. The van der Waals surface area contributed by atoms with Crippen LogP contribution in [0.3, 0.4) is 0 Å². The van der Waals surface area contributed by atoms with E-state index in [2.05, 4.69) is 40.7 Å². The van der Waals surface area contributed by atoms with Crippen molar-refractivity contribution in [2.45, 2.75) is 19.4 Å². The van der Waals surface area contributed by atoms with Crippen molar-refractivity contribution in [2.75, 3.05) is 24.7 Å². The molecule has 0 bridgehead atoms. The quantitative estimate of drug-likeness (QED) is 0.847. The molecular formula is C13H17BrN2OS. The molecule has 0 amide bonds. The first-order chi connectivity index (χ1) is 8.43. The molecule has 0 atom stereocenters. The Morgan fingerprint density at radius 3 is 2.83 bits per heavy atom. The lowest BCUT2D eigenvalue weighted by Crippen LogP contribution is -2.53. The molecule has 18 heavy (non-hydrogen) atoms. The number of anilines is 1. The molecule has 1 aromatic rings. The van der Waals surface area contributed by atoms with Crippen LogP contribution in [0.15, 0.2) is 22.7 Å². The van der Waals surface area contributed by atoms with Crippen LogP contribution in [0.4, 0.5) is 5.69 Å². The lowest BCUT2D eigenvalue weighted by atomic mass is 9.99. The summed E-state index contributed by atoms with van der Waals surface area (Å²) in [5.41, 5.74) is 7.78. The maximum Gasteiger partial charge on any atom is 0.107 e. The number of nitrogens with zero attached hydrogens (tertiary/aromatic N) is 1. The summed E-state index contributed by atoms with van der Waals surface area (Å²) in [5.74, 6) is 0. The van der Waals surface area contributed by atoms with Gasteiger partial charge in [-0.25, -0.2) is 0 Å². The molecule has 0 spiro atoms. The van der Waals surface area contributed by atoms with E-state index in [0.717, 1.165) is 28.9 Å². The van der Waals surface area contributed by atoms with Gasteiger partial charge >= 0.3 is 0 Å². The van der Waals surface area contributed by atoms with E-state index in [0.29, 0.717) is 11.6 Å². The largest absolute Gasteiger partial charge is 0.389 e. The Balaban J connectivity index is 2.50. The van der Waals surface area contributed by atoms with Gasteiger partial charge in [-0.05, 0) is 41.9 Å². The van der Waals surface area contributed by atoms with Crippen LogP contribution in [-0.2, 0) is 4.74 Å². The van der Waals surface area contributed by atoms with E-state index in [1.165, 1.54) is 0 Å². The van der Waals surface area contributed by atoms with E-state index in [-0.39, 0.29) is 5.54 Å². The highest BCUT2D eigenvalue weighted by Crippen LogP contribution is 2.33. The molecule has 0 aromatic heterocycles. The van der Waals surface area contributed by atoms with Crippen molar-refractivity contribution in [2.24, 2.45) is 5.73 Å². The van der Waals surface area contributed by atoms with Crippen molar-refractivity contribution in [3.8, 4) is 0 Å². The Morgan fingerprint density at radius 1 is 1.50 bits per heavy atom. The second kappa shape index (κ2) is 5.15. The summed E-state index contributed by atoms with van der Waals surface area (Å²) in [6.45, 7) is 6.61. The second-order valence-corrected chi connectivity index (χ2v) is 6.31. The predicted molar refractivity (Wildman–Crippen MR) is 82.3 cm³/mol. The van der Waals surface area contributed by atoms with Gasteiger partial charge in [-0.3, -0.25) is 0 Å². The topological polar surface area (TPSA) is 38.5 Å². The van der Waals surface area contributed by atoms with Gasteiger partial charge in [-0.15, -0.1) is 0 Å². The Bertz CT molecular complexity index is 476. The molecule has 1 heterocycles. The van der Waals surface area contributed by atoms with Crippen molar-refractivity contribution >= 4 is 38.8 Å². The number of thiocarbonyl (C=S) groups is 1. The van der Waals surface area contributed by atoms with Crippen molar-refractivity contribution in [1.29, 1.82) is 0 Å². The van der Waals surface area contributed by atoms with E-state index >= 15 is 0 Å². The number of hydrogen-bond acceptors (Lipinski definition) is 3. The maximum atomic E-state index is 5.85. The summed E-state index contributed by atoms with van der Waals surface area (Å²) < 4.78 is 6.49. The molecule has 0 aliphatic carbocycles. The van der Waals surface area contributed by atoms with Crippen LogP contribution >= 0.6 is 28.1 Å². The third-order valence-electron chi connectivity index (χ3n) is 3.17.